The number of fused-ring (bicyclic) bond motifs is 1. The van der Waals surface area contributed by atoms with Crippen LogP contribution < -0.4 is 11.1 Å². The summed E-state index contributed by atoms with van der Waals surface area (Å²) in [7, 11) is 0. The molecule has 0 bridgehead atoms. The Labute approximate surface area is 154 Å². The molecule has 0 unspecified atom stereocenters. The Morgan fingerprint density at radius 2 is 1.81 bits per heavy atom. The first-order valence-electron chi connectivity index (χ1n) is 8.66. The zero-order valence-corrected chi connectivity index (χ0v) is 15.2. The first-order chi connectivity index (χ1) is 13.0. The number of aryl methyl sites for hydroxylation is 3. The molecule has 7 heteroatoms. The van der Waals surface area contributed by atoms with Gasteiger partial charge in [0.1, 0.15) is 0 Å². The molecular formula is C20H18N4O3. The number of nitrogens with one attached hydrogen (secondary N) is 1. The highest BCUT2D eigenvalue weighted by atomic mass is 16.5. The Morgan fingerprint density at radius 1 is 1.04 bits per heavy atom. The lowest BCUT2D eigenvalue weighted by atomic mass is 10.1. The summed E-state index contributed by atoms with van der Waals surface area (Å²) in [5.74, 6) is 0.848. The molecule has 0 aliphatic rings. The van der Waals surface area contributed by atoms with Crippen molar-refractivity contribution in [1.82, 2.24) is 19.7 Å². The molecule has 0 spiro atoms. The molecule has 2 aromatic heterocycles. The van der Waals surface area contributed by atoms with E-state index in [4.69, 9.17) is 4.52 Å². The van der Waals surface area contributed by atoms with E-state index in [9.17, 15) is 9.59 Å². The van der Waals surface area contributed by atoms with E-state index in [1.165, 1.54) is 10.1 Å². The van der Waals surface area contributed by atoms with E-state index in [1.54, 1.807) is 18.2 Å². The van der Waals surface area contributed by atoms with Crippen molar-refractivity contribution in [3.63, 3.8) is 0 Å². The number of hydrogen-bond donors (Lipinski definition) is 1. The van der Waals surface area contributed by atoms with Gasteiger partial charge in [-0.1, -0.05) is 11.2 Å². The van der Waals surface area contributed by atoms with Gasteiger partial charge in [-0.3, -0.25) is 9.59 Å². The van der Waals surface area contributed by atoms with E-state index in [-0.39, 0.29) is 0 Å². The van der Waals surface area contributed by atoms with Crippen LogP contribution in [0.5, 0.6) is 0 Å². The first-order valence-corrected chi connectivity index (χ1v) is 8.66. The van der Waals surface area contributed by atoms with Gasteiger partial charge in [-0.05, 0) is 62.2 Å². The van der Waals surface area contributed by atoms with Gasteiger partial charge in [0.25, 0.3) is 5.89 Å². The van der Waals surface area contributed by atoms with Gasteiger partial charge < -0.3 is 14.1 Å². The molecule has 4 aromatic rings. The van der Waals surface area contributed by atoms with Crippen LogP contribution in [0.4, 0.5) is 0 Å². The SMILES string of the molecule is CCn1c(=O)c(=O)[nH]c2cc(-c3noc(-c4ccc(C)c(C)c4)n3)ccc21. The predicted molar refractivity (Wildman–Crippen MR) is 103 cm³/mol. The van der Waals surface area contributed by atoms with Gasteiger partial charge in [-0.15, -0.1) is 0 Å². The summed E-state index contributed by atoms with van der Waals surface area (Å²) in [5.41, 5.74) is 3.89. The van der Waals surface area contributed by atoms with Crippen molar-refractivity contribution in [3.05, 3.63) is 68.2 Å². The van der Waals surface area contributed by atoms with Crippen molar-refractivity contribution in [1.29, 1.82) is 0 Å². The van der Waals surface area contributed by atoms with Crippen LogP contribution in [0.2, 0.25) is 0 Å². The van der Waals surface area contributed by atoms with Crippen LogP contribution in [-0.2, 0) is 6.54 Å². The zero-order valence-electron chi connectivity index (χ0n) is 15.2. The van der Waals surface area contributed by atoms with Crippen LogP contribution >= 0.6 is 0 Å². The highest BCUT2D eigenvalue weighted by molar-refractivity contribution is 5.80. The molecule has 7 nitrogen and oxygen atoms in total. The normalized spacial score (nSPS) is 11.2. The number of aromatic amines is 1. The Hall–Kier alpha value is -3.48. The maximum absolute atomic E-state index is 12.0. The fourth-order valence-corrected chi connectivity index (χ4v) is 3.06. The van der Waals surface area contributed by atoms with Gasteiger partial charge in [0.15, 0.2) is 0 Å². The summed E-state index contributed by atoms with van der Waals surface area (Å²) in [4.78, 5) is 30.9. The Bertz CT molecular complexity index is 1280. The van der Waals surface area contributed by atoms with Gasteiger partial charge in [0.2, 0.25) is 5.82 Å². The highest BCUT2D eigenvalue weighted by Gasteiger charge is 2.13. The maximum Gasteiger partial charge on any atom is 0.316 e. The monoisotopic (exact) mass is 362 g/mol. The quantitative estimate of drug-likeness (QED) is 0.565. The molecule has 27 heavy (non-hydrogen) atoms. The molecule has 136 valence electrons. The predicted octanol–water partition coefficient (Wildman–Crippen LogP) is 3.04. The summed E-state index contributed by atoms with van der Waals surface area (Å²) in [6.07, 6.45) is 0. The Kier molecular flexibility index (Phi) is 3.99. The van der Waals surface area contributed by atoms with E-state index in [0.29, 0.717) is 34.9 Å². The molecule has 0 amide bonds. The third-order valence-electron chi connectivity index (χ3n) is 4.73. The Balaban J connectivity index is 1.80. The smallest absolute Gasteiger partial charge is 0.316 e. The van der Waals surface area contributed by atoms with Crippen molar-refractivity contribution in [2.75, 3.05) is 0 Å². The molecule has 0 fully saturated rings. The maximum atomic E-state index is 12.0. The van der Waals surface area contributed by atoms with Crippen LogP contribution in [0.25, 0.3) is 33.9 Å². The van der Waals surface area contributed by atoms with Crippen molar-refractivity contribution in [3.8, 4) is 22.8 Å². The number of benzene rings is 2. The van der Waals surface area contributed by atoms with Gasteiger partial charge in [-0.25, -0.2) is 0 Å². The van der Waals surface area contributed by atoms with Crippen molar-refractivity contribution < 1.29 is 4.52 Å². The molecule has 0 aliphatic heterocycles. The molecule has 0 saturated carbocycles. The summed E-state index contributed by atoms with van der Waals surface area (Å²) in [5, 5.41) is 4.06. The average Bonchev–Trinajstić information content (AvgIpc) is 3.15. The van der Waals surface area contributed by atoms with Gasteiger partial charge in [-0.2, -0.15) is 4.98 Å². The van der Waals surface area contributed by atoms with Crippen LogP contribution in [0.1, 0.15) is 18.1 Å². The van der Waals surface area contributed by atoms with Gasteiger partial charge >= 0.3 is 11.1 Å². The molecular weight excluding hydrogens is 344 g/mol. The molecule has 4 rings (SSSR count). The molecule has 0 saturated heterocycles. The minimum atomic E-state index is -0.648. The Morgan fingerprint density at radius 3 is 2.56 bits per heavy atom. The van der Waals surface area contributed by atoms with E-state index in [1.807, 2.05) is 39.0 Å². The topological polar surface area (TPSA) is 93.8 Å². The minimum Gasteiger partial charge on any atom is -0.334 e. The molecule has 2 heterocycles. The van der Waals surface area contributed by atoms with E-state index >= 15 is 0 Å². The van der Waals surface area contributed by atoms with E-state index in [0.717, 1.165) is 11.1 Å². The summed E-state index contributed by atoms with van der Waals surface area (Å²) >= 11 is 0. The van der Waals surface area contributed by atoms with E-state index < -0.39 is 11.1 Å². The minimum absolute atomic E-state index is 0.414. The molecule has 1 N–H and O–H groups in total. The number of aromatic nitrogens is 4. The molecule has 2 aromatic carbocycles. The lowest BCUT2D eigenvalue weighted by Crippen LogP contribution is -2.35. The highest BCUT2D eigenvalue weighted by Crippen LogP contribution is 2.25. The zero-order chi connectivity index (χ0) is 19.1. The van der Waals surface area contributed by atoms with Crippen LogP contribution in [-0.4, -0.2) is 19.7 Å². The summed E-state index contributed by atoms with van der Waals surface area (Å²) < 4.78 is 6.85. The fourth-order valence-electron chi connectivity index (χ4n) is 3.06. The first kappa shape index (κ1) is 17.0. The van der Waals surface area contributed by atoms with E-state index in [2.05, 4.69) is 15.1 Å². The van der Waals surface area contributed by atoms with Crippen molar-refractivity contribution in [2.45, 2.75) is 27.3 Å². The van der Waals surface area contributed by atoms with Gasteiger partial charge in [0.05, 0.1) is 11.0 Å². The molecule has 0 radical (unpaired) electrons. The fraction of sp³-hybridized carbons (Fsp3) is 0.200. The largest absolute Gasteiger partial charge is 0.334 e. The lowest BCUT2D eigenvalue weighted by Gasteiger charge is -2.07. The van der Waals surface area contributed by atoms with Crippen molar-refractivity contribution in [2.24, 2.45) is 0 Å². The second kappa shape index (κ2) is 6.35. The second-order valence-corrected chi connectivity index (χ2v) is 6.46. The van der Waals surface area contributed by atoms with Crippen molar-refractivity contribution >= 4 is 11.0 Å². The summed E-state index contributed by atoms with van der Waals surface area (Å²) in [6, 6.07) is 11.3. The van der Waals surface area contributed by atoms with Crippen LogP contribution in [0.3, 0.4) is 0 Å². The number of H-pyrrole nitrogens is 1. The van der Waals surface area contributed by atoms with Crippen LogP contribution in [0, 0.1) is 13.8 Å². The van der Waals surface area contributed by atoms with Crippen LogP contribution in [0.15, 0.2) is 50.5 Å². The number of hydrogen-bond acceptors (Lipinski definition) is 5. The number of rotatable bonds is 3. The molecule has 0 atom stereocenters. The number of nitrogens with zero attached hydrogens (tertiary/aromatic N) is 3. The average molecular weight is 362 g/mol. The summed E-state index contributed by atoms with van der Waals surface area (Å²) in [6.45, 7) is 6.31. The van der Waals surface area contributed by atoms with Gasteiger partial charge in [0, 0.05) is 17.7 Å². The lowest BCUT2D eigenvalue weighted by molar-refractivity contribution is 0.432. The molecule has 0 aliphatic carbocycles. The standard InChI is InChI=1S/C20H18N4O3/c1-4-24-16-8-7-13(10-15(16)21-18(25)20(24)26)17-22-19(27-23-17)14-6-5-11(2)12(3)9-14/h5-10H,4H2,1-3H3,(H,21,25). The third kappa shape index (κ3) is 2.87. The third-order valence-corrected chi connectivity index (χ3v) is 4.73. The second-order valence-electron chi connectivity index (χ2n) is 6.46.